The molecule has 10 heteroatoms. The maximum absolute atomic E-state index is 13.4. The van der Waals surface area contributed by atoms with Crippen molar-refractivity contribution in [2.24, 2.45) is 0 Å². The van der Waals surface area contributed by atoms with Gasteiger partial charge < -0.3 is 9.66 Å². The number of carboxylic acid groups (broad SMARTS) is 1. The number of hydrogen-bond acceptors (Lipinski definition) is 4. The van der Waals surface area contributed by atoms with Crippen LogP contribution in [0.4, 0.5) is 10.1 Å². The number of halogens is 2. The molecule has 2 atom stereocenters. The van der Waals surface area contributed by atoms with Crippen molar-refractivity contribution < 1.29 is 23.1 Å². The minimum absolute atomic E-state index is 0.0111. The van der Waals surface area contributed by atoms with Gasteiger partial charge in [-0.3, -0.25) is 18.0 Å². The molecule has 0 saturated heterocycles. The van der Waals surface area contributed by atoms with E-state index < -0.39 is 29.1 Å². The van der Waals surface area contributed by atoms with E-state index in [1.54, 1.807) is 36.5 Å². The fourth-order valence-electron chi connectivity index (χ4n) is 3.95. The van der Waals surface area contributed by atoms with Crippen molar-refractivity contribution in [1.29, 1.82) is 0 Å². The molecule has 1 heterocycles. The molecule has 162 valence electrons. The molecule has 2 unspecified atom stereocenters. The van der Waals surface area contributed by atoms with E-state index in [1.807, 2.05) is 0 Å². The molecule has 1 aliphatic carbocycles. The largest absolute Gasteiger partial charge is 0.755 e. The third kappa shape index (κ3) is 4.34. The van der Waals surface area contributed by atoms with Crippen LogP contribution in [0, 0.1) is 5.82 Å². The molecule has 31 heavy (non-hydrogen) atoms. The molecule has 4 rings (SSSR count). The Morgan fingerprint density at radius 3 is 2.65 bits per heavy atom. The fraction of sp³-hybridized carbons (Fsp3) is 0.238. The number of hydrogen-bond donors (Lipinski definition) is 1. The summed E-state index contributed by atoms with van der Waals surface area (Å²) in [7, 11) is 0. The molecule has 0 amide bonds. The van der Waals surface area contributed by atoms with Crippen LogP contribution >= 0.6 is 11.6 Å². The van der Waals surface area contributed by atoms with Crippen LogP contribution in [0.25, 0.3) is 11.1 Å². The van der Waals surface area contributed by atoms with Gasteiger partial charge in [-0.2, -0.15) is 5.10 Å². The molecule has 0 spiro atoms. The summed E-state index contributed by atoms with van der Waals surface area (Å²) in [5, 5.41) is 13.3. The summed E-state index contributed by atoms with van der Waals surface area (Å²) >= 11 is 3.30. The highest BCUT2D eigenvalue weighted by molar-refractivity contribution is 7.80. The predicted octanol–water partition coefficient (Wildman–Crippen LogP) is 4.11. The number of fused-ring (bicyclic) bond motifs is 1. The number of rotatable bonds is 6. The van der Waals surface area contributed by atoms with Crippen LogP contribution in [0.2, 0.25) is 5.02 Å². The summed E-state index contributed by atoms with van der Waals surface area (Å²) < 4.78 is 40.5. The SMILES string of the molecule is O=C(O)Cn1ncc2c1CCCC2N(c1ccc(-c2ccc(F)c(Cl)c2)cc1)S(=O)[O-]. The minimum Gasteiger partial charge on any atom is -0.755 e. The van der Waals surface area contributed by atoms with Crippen molar-refractivity contribution in [3.05, 3.63) is 70.8 Å². The van der Waals surface area contributed by atoms with Crippen LogP contribution in [-0.2, 0) is 29.0 Å². The second kappa shape index (κ2) is 8.78. The Kier molecular flexibility index (Phi) is 6.08. The van der Waals surface area contributed by atoms with Crippen LogP contribution in [0.1, 0.15) is 30.1 Å². The lowest BCUT2D eigenvalue weighted by Crippen LogP contribution is -2.33. The molecular formula is C21H18ClFN3O4S-. The highest BCUT2D eigenvalue weighted by Gasteiger charge is 2.30. The molecular weight excluding hydrogens is 445 g/mol. The summed E-state index contributed by atoms with van der Waals surface area (Å²) in [5.41, 5.74) is 3.40. The van der Waals surface area contributed by atoms with Gasteiger partial charge in [-0.1, -0.05) is 29.8 Å². The average molecular weight is 463 g/mol. The molecule has 3 aromatic rings. The highest BCUT2D eigenvalue weighted by Crippen LogP contribution is 2.38. The van der Waals surface area contributed by atoms with E-state index in [1.165, 1.54) is 21.1 Å². The maximum atomic E-state index is 13.4. The predicted molar refractivity (Wildman–Crippen MR) is 114 cm³/mol. The number of benzene rings is 2. The van der Waals surface area contributed by atoms with Gasteiger partial charge in [-0.25, -0.2) is 4.39 Å². The van der Waals surface area contributed by atoms with Crippen LogP contribution < -0.4 is 4.31 Å². The molecule has 7 nitrogen and oxygen atoms in total. The molecule has 2 aromatic carbocycles. The van der Waals surface area contributed by atoms with Crippen molar-refractivity contribution in [1.82, 2.24) is 9.78 Å². The van der Waals surface area contributed by atoms with E-state index in [-0.39, 0.29) is 11.6 Å². The second-order valence-corrected chi connectivity index (χ2v) is 8.46. The van der Waals surface area contributed by atoms with Gasteiger partial charge in [0.25, 0.3) is 0 Å². The van der Waals surface area contributed by atoms with Crippen LogP contribution in [0.15, 0.2) is 48.7 Å². The highest BCUT2D eigenvalue weighted by atomic mass is 35.5. The van der Waals surface area contributed by atoms with Gasteiger partial charge in [0, 0.05) is 28.2 Å². The lowest BCUT2D eigenvalue weighted by Gasteiger charge is -2.37. The van der Waals surface area contributed by atoms with E-state index in [0.29, 0.717) is 36.1 Å². The summed E-state index contributed by atoms with van der Waals surface area (Å²) in [6.45, 7) is -0.266. The van der Waals surface area contributed by atoms with Gasteiger partial charge in [0.05, 0.1) is 17.3 Å². The van der Waals surface area contributed by atoms with Crippen molar-refractivity contribution in [2.45, 2.75) is 31.8 Å². The molecule has 0 aliphatic heterocycles. The first-order valence-electron chi connectivity index (χ1n) is 9.55. The molecule has 0 radical (unpaired) electrons. The summed E-state index contributed by atoms with van der Waals surface area (Å²) in [4.78, 5) is 11.1. The van der Waals surface area contributed by atoms with E-state index in [4.69, 9.17) is 16.7 Å². The maximum Gasteiger partial charge on any atom is 0.325 e. The Morgan fingerprint density at radius 2 is 2.00 bits per heavy atom. The number of carboxylic acids is 1. The van der Waals surface area contributed by atoms with Crippen molar-refractivity contribution >= 4 is 34.5 Å². The van der Waals surface area contributed by atoms with E-state index in [9.17, 15) is 17.9 Å². The second-order valence-electron chi connectivity index (χ2n) is 7.22. The monoisotopic (exact) mass is 462 g/mol. The fourth-order valence-corrected chi connectivity index (χ4v) is 4.85. The van der Waals surface area contributed by atoms with Crippen molar-refractivity contribution in [2.75, 3.05) is 4.31 Å². The quantitative estimate of drug-likeness (QED) is 0.556. The van der Waals surface area contributed by atoms with Gasteiger partial charge in [0.1, 0.15) is 12.4 Å². The van der Waals surface area contributed by atoms with E-state index >= 15 is 0 Å². The Bertz CT molecular complexity index is 1150. The van der Waals surface area contributed by atoms with Crippen molar-refractivity contribution in [3.63, 3.8) is 0 Å². The van der Waals surface area contributed by atoms with Crippen LogP contribution in [-0.4, -0.2) is 29.6 Å². The molecule has 0 bridgehead atoms. The first kappa shape index (κ1) is 21.5. The van der Waals surface area contributed by atoms with Crippen LogP contribution in [0.3, 0.4) is 0 Å². The zero-order valence-electron chi connectivity index (χ0n) is 16.2. The first-order valence-corrected chi connectivity index (χ1v) is 11.0. The number of anilines is 1. The lowest BCUT2D eigenvalue weighted by atomic mass is 9.92. The summed E-state index contributed by atoms with van der Waals surface area (Å²) in [6, 6.07) is 10.8. The molecule has 0 saturated carbocycles. The normalized spacial score (nSPS) is 16.5. The topological polar surface area (TPSA) is 98.5 Å². The average Bonchev–Trinajstić information content (AvgIpc) is 3.14. The molecule has 1 N–H and O–H groups in total. The molecule has 1 aliphatic rings. The molecule has 0 fully saturated rings. The standard InChI is InChI=1S/C21H19ClFN3O4S/c22-17-10-14(6-9-18(17)23)13-4-7-15(8-5-13)26(31(29)30)20-3-1-2-19-16(20)11-24-25(19)12-21(27)28/h4-11,20H,1-3,12H2,(H,27,28)(H,29,30)/p-1. The third-order valence-electron chi connectivity index (χ3n) is 5.33. The van der Waals surface area contributed by atoms with Crippen molar-refractivity contribution in [3.8, 4) is 11.1 Å². The minimum atomic E-state index is -2.56. The Balaban J connectivity index is 1.66. The lowest BCUT2D eigenvalue weighted by molar-refractivity contribution is -0.137. The van der Waals surface area contributed by atoms with E-state index in [2.05, 4.69) is 5.10 Å². The number of aromatic nitrogens is 2. The van der Waals surface area contributed by atoms with Gasteiger partial charge in [-0.15, -0.1) is 0 Å². The number of aliphatic carboxylic acids is 1. The summed E-state index contributed by atoms with van der Waals surface area (Å²) in [5.74, 6) is -1.51. The zero-order chi connectivity index (χ0) is 22.1. The Hall–Kier alpha value is -2.75. The van der Waals surface area contributed by atoms with Gasteiger partial charge in [-0.05, 0) is 54.7 Å². The first-order chi connectivity index (χ1) is 14.8. The summed E-state index contributed by atoms with van der Waals surface area (Å²) in [6.07, 6.45) is 3.50. The Labute approximate surface area is 185 Å². The van der Waals surface area contributed by atoms with Crippen LogP contribution in [0.5, 0.6) is 0 Å². The van der Waals surface area contributed by atoms with Gasteiger partial charge in [0.2, 0.25) is 0 Å². The smallest absolute Gasteiger partial charge is 0.325 e. The molecule has 1 aromatic heterocycles. The number of nitrogens with zero attached hydrogens (tertiary/aromatic N) is 3. The van der Waals surface area contributed by atoms with Gasteiger partial charge in [0.15, 0.2) is 0 Å². The van der Waals surface area contributed by atoms with E-state index in [0.717, 1.165) is 11.3 Å². The third-order valence-corrected chi connectivity index (χ3v) is 6.41. The number of carbonyl (C=O) groups is 1. The zero-order valence-corrected chi connectivity index (χ0v) is 17.8. The van der Waals surface area contributed by atoms with Gasteiger partial charge >= 0.3 is 5.97 Å². The Morgan fingerprint density at radius 1 is 1.29 bits per heavy atom.